The minimum absolute atomic E-state index is 0.0126. The number of ether oxygens (including phenoxy) is 2. The second-order valence-electron chi connectivity index (χ2n) is 4.95. The highest BCUT2D eigenvalue weighted by Crippen LogP contribution is 2.68. The zero-order valence-corrected chi connectivity index (χ0v) is 9.45. The lowest BCUT2D eigenvalue weighted by Gasteiger charge is -2.11. The molecular formula is C13H14O3. The second-order valence-corrected chi connectivity index (χ2v) is 4.95. The zero-order chi connectivity index (χ0) is 11.4. The van der Waals surface area contributed by atoms with Gasteiger partial charge in [-0.3, -0.25) is 4.79 Å². The molecule has 0 unspecified atom stereocenters. The van der Waals surface area contributed by atoms with Crippen molar-refractivity contribution >= 4 is 5.97 Å². The highest BCUT2D eigenvalue weighted by atomic mass is 16.5. The Balaban J connectivity index is 2.01. The lowest BCUT2D eigenvalue weighted by Crippen LogP contribution is -2.20. The van der Waals surface area contributed by atoms with Crippen LogP contribution >= 0.6 is 0 Å². The molecule has 0 N–H and O–H groups in total. The van der Waals surface area contributed by atoms with Gasteiger partial charge in [-0.25, -0.2) is 0 Å². The van der Waals surface area contributed by atoms with Gasteiger partial charge in [-0.15, -0.1) is 0 Å². The van der Waals surface area contributed by atoms with Crippen molar-refractivity contribution in [3.63, 3.8) is 0 Å². The Kier molecular flexibility index (Phi) is 1.69. The summed E-state index contributed by atoms with van der Waals surface area (Å²) in [5.41, 5.74) is 0.691. The average Bonchev–Trinajstić information content (AvgIpc) is 2.87. The van der Waals surface area contributed by atoms with Gasteiger partial charge in [0.25, 0.3) is 0 Å². The van der Waals surface area contributed by atoms with Crippen LogP contribution in [0.1, 0.15) is 18.9 Å². The van der Waals surface area contributed by atoms with Crippen molar-refractivity contribution in [2.45, 2.75) is 18.8 Å². The van der Waals surface area contributed by atoms with Crippen molar-refractivity contribution in [2.75, 3.05) is 13.7 Å². The average molecular weight is 218 g/mol. The highest BCUT2D eigenvalue weighted by Gasteiger charge is 2.75. The second kappa shape index (κ2) is 2.78. The van der Waals surface area contributed by atoms with Crippen LogP contribution < -0.4 is 4.74 Å². The molecule has 1 aromatic rings. The number of methoxy groups -OCH3 is 1. The number of hydrogen-bond donors (Lipinski definition) is 0. The topological polar surface area (TPSA) is 35.5 Å². The Labute approximate surface area is 94.4 Å². The van der Waals surface area contributed by atoms with Gasteiger partial charge in [-0.1, -0.05) is 19.1 Å². The summed E-state index contributed by atoms with van der Waals surface area (Å²) < 4.78 is 10.3. The normalized spacial score (nSPS) is 35.5. The number of fused-ring (bicyclic) bond motifs is 1. The molecule has 3 nitrogen and oxygen atoms in total. The van der Waals surface area contributed by atoms with Gasteiger partial charge in [0.2, 0.25) is 0 Å². The maximum absolute atomic E-state index is 11.8. The first kappa shape index (κ1) is 9.70. The highest BCUT2D eigenvalue weighted by molar-refractivity contribution is 5.91. The quantitative estimate of drug-likeness (QED) is 0.711. The van der Waals surface area contributed by atoms with Gasteiger partial charge < -0.3 is 9.47 Å². The lowest BCUT2D eigenvalue weighted by molar-refractivity contribution is -0.142. The van der Waals surface area contributed by atoms with Gasteiger partial charge in [0, 0.05) is 5.41 Å². The van der Waals surface area contributed by atoms with Gasteiger partial charge in [-0.2, -0.15) is 0 Å². The van der Waals surface area contributed by atoms with E-state index in [9.17, 15) is 4.79 Å². The predicted octanol–water partition coefficient (Wildman–Crippen LogP) is 1.90. The van der Waals surface area contributed by atoms with Gasteiger partial charge in [-0.05, 0) is 24.1 Å². The van der Waals surface area contributed by atoms with Gasteiger partial charge in [0.1, 0.15) is 11.2 Å². The molecule has 1 aliphatic heterocycles. The summed E-state index contributed by atoms with van der Waals surface area (Å²) in [7, 11) is 1.64. The Hall–Kier alpha value is -1.51. The number of hydrogen-bond acceptors (Lipinski definition) is 3. The number of cyclic esters (lactones) is 1. The number of esters is 1. The van der Waals surface area contributed by atoms with E-state index in [0.29, 0.717) is 6.61 Å². The van der Waals surface area contributed by atoms with Crippen LogP contribution in [0, 0.1) is 5.41 Å². The van der Waals surface area contributed by atoms with E-state index in [4.69, 9.17) is 9.47 Å². The molecule has 16 heavy (non-hydrogen) atoms. The Morgan fingerprint density at radius 2 is 2.00 bits per heavy atom. The Morgan fingerprint density at radius 1 is 1.31 bits per heavy atom. The van der Waals surface area contributed by atoms with E-state index in [1.54, 1.807) is 7.11 Å². The third-order valence-corrected chi connectivity index (χ3v) is 4.01. The molecule has 3 rings (SSSR count). The fourth-order valence-corrected chi connectivity index (χ4v) is 2.83. The van der Waals surface area contributed by atoms with Crippen molar-refractivity contribution in [3.8, 4) is 5.75 Å². The van der Waals surface area contributed by atoms with Crippen LogP contribution in [0.4, 0.5) is 0 Å². The van der Waals surface area contributed by atoms with Crippen molar-refractivity contribution < 1.29 is 14.3 Å². The first-order valence-electron chi connectivity index (χ1n) is 5.44. The maximum Gasteiger partial charge on any atom is 0.317 e. The molecule has 0 spiro atoms. The number of carbonyl (C=O) groups excluding carboxylic acids is 1. The molecule has 1 aliphatic carbocycles. The standard InChI is InChI=1S/C13H14O3/c1-12-7-13(12,11(14)16-8-12)9-3-5-10(15-2)6-4-9/h3-6H,7-8H2,1-2H3/t12-,13-/m1/s1. The van der Waals surface area contributed by atoms with Crippen molar-refractivity contribution in [3.05, 3.63) is 29.8 Å². The molecule has 1 heterocycles. The van der Waals surface area contributed by atoms with Crippen LogP contribution in [0.3, 0.4) is 0 Å². The molecule has 2 aliphatic rings. The van der Waals surface area contributed by atoms with E-state index in [1.165, 1.54) is 0 Å². The molecule has 3 heteroatoms. The monoisotopic (exact) mass is 218 g/mol. The van der Waals surface area contributed by atoms with Crippen LogP contribution in [0.5, 0.6) is 5.75 Å². The fraction of sp³-hybridized carbons (Fsp3) is 0.462. The molecule has 0 amide bonds. The number of carbonyl (C=O) groups is 1. The summed E-state index contributed by atoms with van der Waals surface area (Å²) in [6.45, 7) is 2.67. The van der Waals surface area contributed by atoms with E-state index >= 15 is 0 Å². The summed E-state index contributed by atoms with van der Waals surface area (Å²) in [6.07, 6.45) is 0.908. The molecule has 0 aromatic heterocycles. The van der Waals surface area contributed by atoms with Crippen molar-refractivity contribution in [2.24, 2.45) is 5.41 Å². The van der Waals surface area contributed by atoms with Crippen LogP contribution in [-0.4, -0.2) is 19.7 Å². The van der Waals surface area contributed by atoms with Crippen molar-refractivity contribution in [1.82, 2.24) is 0 Å². The summed E-state index contributed by atoms with van der Waals surface area (Å²) in [5.74, 6) is 0.744. The Morgan fingerprint density at radius 3 is 2.44 bits per heavy atom. The summed E-state index contributed by atoms with van der Waals surface area (Å²) >= 11 is 0. The fourth-order valence-electron chi connectivity index (χ4n) is 2.83. The first-order valence-corrected chi connectivity index (χ1v) is 5.44. The molecule has 84 valence electrons. The van der Waals surface area contributed by atoms with E-state index in [1.807, 2.05) is 24.3 Å². The van der Waals surface area contributed by atoms with Crippen LogP contribution in [0.15, 0.2) is 24.3 Å². The minimum atomic E-state index is -0.376. The molecule has 2 atom stereocenters. The predicted molar refractivity (Wildman–Crippen MR) is 58.4 cm³/mol. The third-order valence-electron chi connectivity index (χ3n) is 4.01. The number of rotatable bonds is 2. The van der Waals surface area contributed by atoms with Crippen LogP contribution in [-0.2, 0) is 14.9 Å². The van der Waals surface area contributed by atoms with Gasteiger partial charge >= 0.3 is 5.97 Å². The smallest absolute Gasteiger partial charge is 0.317 e. The van der Waals surface area contributed by atoms with E-state index in [-0.39, 0.29) is 16.8 Å². The molecular weight excluding hydrogens is 204 g/mol. The van der Waals surface area contributed by atoms with E-state index in [2.05, 4.69) is 6.92 Å². The van der Waals surface area contributed by atoms with Gasteiger partial charge in [0.15, 0.2) is 0 Å². The molecule has 0 radical (unpaired) electrons. The molecule has 1 aromatic carbocycles. The molecule has 2 fully saturated rings. The summed E-state index contributed by atoms with van der Waals surface area (Å²) in [5, 5.41) is 0. The third kappa shape index (κ3) is 0.958. The van der Waals surface area contributed by atoms with E-state index in [0.717, 1.165) is 17.7 Å². The lowest BCUT2D eigenvalue weighted by atomic mass is 9.89. The largest absolute Gasteiger partial charge is 0.497 e. The van der Waals surface area contributed by atoms with Crippen LogP contribution in [0.2, 0.25) is 0 Å². The molecule has 1 saturated heterocycles. The SMILES string of the molecule is COc1ccc([C@@]23C[C@]2(C)COC3=O)cc1. The summed E-state index contributed by atoms with van der Waals surface area (Å²) in [4.78, 5) is 11.8. The summed E-state index contributed by atoms with van der Waals surface area (Å²) in [6, 6.07) is 7.73. The minimum Gasteiger partial charge on any atom is -0.497 e. The molecule has 1 saturated carbocycles. The maximum atomic E-state index is 11.8. The number of benzene rings is 1. The van der Waals surface area contributed by atoms with Gasteiger partial charge in [0.05, 0.1) is 13.7 Å². The molecule has 0 bridgehead atoms. The van der Waals surface area contributed by atoms with E-state index < -0.39 is 0 Å². The zero-order valence-electron chi connectivity index (χ0n) is 9.45. The van der Waals surface area contributed by atoms with Crippen molar-refractivity contribution in [1.29, 1.82) is 0 Å². The Bertz CT molecular complexity index is 451. The van der Waals surface area contributed by atoms with Crippen LogP contribution in [0.25, 0.3) is 0 Å². The first-order chi connectivity index (χ1) is 7.62.